The molecule has 2 heteroatoms. The van der Waals surface area contributed by atoms with E-state index >= 15 is 0 Å². The zero-order valence-corrected chi connectivity index (χ0v) is 10.2. The van der Waals surface area contributed by atoms with Gasteiger partial charge in [0.05, 0.1) is 0 Å². The van der Waals surface area contributed by atoms with Crippen molar-refractivity contribution < 1.29 is 4.79 Å². The lowest BCUT2D eigenvalue weighted by molar-refractivity contribution is -0.121. The lowest BCUT2D eigenvalue weighted by atomic mass is 9.71. The molecule has 2 unspecified atom stereocenters. The summed E-state index contributed by atoms with van der Waals surface area (Å²) in [4.78, 5) is 11.5. The smallest absolute Gasteiger partial charge is 0.133 e. The van der Waals surface area contributed by atoms with Gasteiger partial charge in [0.25, 0.3) is 0 Å². The van der Waals surface area contributed by atoms with Crippen LogP contribution in [0.25, 0.3) is 0 Å². The number of carbonyl (C=O) groups excluding carboxylic acids is 1. The van der Waals surface area contributed by atoms with Crippen LogP contribution in [-0.4, -0.2) is 5.78 Å². The van der Waals surface area contributed by atoms with Crippen LogP contribution in [0.1, 0.15) is 44.6 Å². The largest absolute Gasteiger partial charge is 0.300 e. The Balaban J connectivity index is 2.20. The topological polar surface area (TPSA) is 17.1 Å². The van der Waals surface area contributed by atoms with E-state index < -0.39 is 0 Å². The minimum absolute atomic E-state index is 0.447. The summed E-state index contributed by atoms with van der Waals surface area (Å²) in [6, 6.07) is 2.18. The minimum atomic E-state index is 0.447. The van der Waals surface area contributed by atoms with E-state index in [1.165, 1.54) is 5.56 Å². The van der Waals surface area contributed by atoms with Crippen molar-refractivity contribution >= 4 is 17.1 Å². The van der Waals surface area contributed by atoms with Gasteiger partial charge in [-0.25, -0.2) is 0 Å². The second-order valence-corrected chi connectivity index (χ2v) is 5.63. The summed E-state index contributed by atoms with van der Waals surface area (Å²) in [5.41, 5.74) is 1.38. The third-order valence-electron chi connectivity index (χ3n) is 3.55. The molecule has 1 aromatic heterocycles. The lowest BCUT2D eigenvalue weighted by Gasteiger charge is -2.33. The van der Waals surface area contributed by atoms with Crippen LogP contribution in [0, 0.1) is 11.8 Å². The zero-order valence-electron chi connectivity index (χ0n) is 9.40. The summed E-state index contributed by atoms with van der Waals surface area (Å²) in [5.74, 6) is 2.31. The van der Waals surface area contributed by atoms with Crippen LogP contribution in [0.2, 0.25) is 0 Å². The van der Waals surface area contributed by atoms with Crippen molar-refractivity contribution in [1.29, 1.82) is 0 Å². The maximum Gasteiger partial charge on any atom is 0.133 e. The molecular weight excluding hydrogens is 204 g/mol. The van der Waals surface area contributed by atoms with Crippen molar-refractivity contribution in [3.8, 4) is 0 Å². The van der Waals surface area contributed by atoms with Gasteiger partial charge in [-0.05, 0) is 46.6 Å². The van der Waals surface area contributed by atoms with E-state index in [9.17, 15) is 4.79 Å². The maximum atomic E-state index is 11.5. The standard InChI is InChI=1S/C13H18OS/c1-9(2)12-4-3-11(14)7-13(12)10-5-6-15-8-10/h5-6,8-9,12-13H,3-4,7H2,1-2H3. The van der Waals surface area contributed by atoms with E-state index in [1.807, 2.05) is 0 Å². The molecule has 1 aliphatic carbocycles. The highest BCUT2D eigenvalue weighted by atomic mass is 32.1. The average molecular weight is 222 g/mol. The van der Waals surface area contributed by atoms with Gasteiger partial charge in [0.1, 0.15) is 5.78 Å². The monoisotopic (exact) mass is 222 g/mol. The first-order valence-electron chi connectivity index (χ1n) is 5.72. The fourth-order valence-electron chi connectivity index (χ4n) is 2.68. The molecule has 0 aromatic carbocycles. The molecule has 0 bridgehead atoms. The third kappa shape index (κ3) is 2.31. The van der Waals surface area contributed by atoms with E-state index in [1.54, 1.807) is 11.3 Å². The van der Waals surface area contributed by atoms with Gasteiger partial charge in [0, 0.05) is 12.8 Å². The van der Waals surface area contributed by atoms with E-state index in [4.69, 9.17) is 0 Å². The fraction of sp³-hybridized carbons (Fsp3) is 0.615. The molecule has 0 spiro atoms. The Labute approximate surface area is 95.5 Å². The highest BCUT2D eigenvalue weighted by molar-refractivity contribution is 7.08. The van der Waals surface area contributed by atoms with Crippen LogP contribution in [0.4, 0.5) is 0 Å². The fourth-order valence-corrected chi connectivity index (χ4v) is 3.40. The van der Waals surface area contributed by atoms with E-state index in [2.05, 4.69) is 30.7 Å². The maximum absolute atomic E-state index is 11.5. The molecule has 82 valence electrons. The molecule has 0 amide bonds. The molecule has 15 heavy (non-hydrogen) atoms. The van der Waals surface area contributed by atoms with Crippen LogP contribution in [0.3, 0.4) is 0 Å². The first-order valence-corrected chi connectivity index (χ1v) is 6.66. The summed E-state index contributed by atoms with van der Waals surface area (Å²) >= 11 is 1.74. The van der Waals surface area contributed by atoms with Gasteiger partial charge in [0.2, 0.25) is 0 Å². The highest BCUT2D eigenvalue weighted by Crippen LogP contribution is 2.40. The normalized spacial score (nSPS) is 27.3. The van der Waals surface area contributed by atoms with Gasteiger partial charge in [-0.15, -0.1) is 0 Å². The zero-order chi connectivity index (χ0) is 10.8. The van der Waals surface area contributed by atoms with Gasteiger partial charge >= 0.3 is 0 Å². The molecule has 1 aliphatic rings. The second-order valence-electron chi connectivity index (χ2n) is 4.85. The van der Waals surface area contributed by atoms with Crippen molar-refractivity contribution in [2.45, 2.75) is 39.0 Å². The molecule has 1 aromatic rings. The number of thiophene rings is 1. The van der Waals surface area contributed by atoms with Gasteiger partial charge < -0.3 is 0 Å². The summed E-state index contributed by atoms with van der Waals surface area (Å²) in [7, 11) is 0. The van der Waals surface area contributed by atoms with Crippen LogP contribution < -0.4 is 0 Å². The first-order chi connectivity index (χ1) is 7.18. The minimum Gasteiger partial charge on any atom is -0.300 e. The Kier molecular flexibility index (Phi) is 3.25. The molecular formula is C13H18OS. The average Bonchev–Trinajstić information content (AvgIpc) is 2.69. The third-order valence-corrected chi connectivity index (χ3v) is 4.25. The van der Waals surface area contributed by atoms with E-state index in [0.717, 1.165) is 19.3 Å². The SMILES string of the molecule is CC(C)C1CCC(=O)CC1c1ccsc1. The molecule has 2 atom stereocenters. The number of hydrogen-bond donors (Lipinski definition) is 0. The molecule has 2 rings (SSSR count). The lowest BCUT2D eigenvalue weighted by Crippen LogP contribution is -2.26. The Morgan fingerprint density at radius 2 is 2.27 bits per heavy atom. The second kappa shape index (κ2) is 4.48. The Morgan fingerprint density at radius 1 is 1.47 bits per heavy atom. The highest BCUT2D eigenvalue weighted by Gasteiger charge is 2.32. The number of Topliss-reactive ketones (excluding diaryl/α,β-unsaturated/α-hetero) is 1. The summed E-state index contributed by atoms with van der Waals surface area (Å²) in [5, 5.41) is 4.32. The molecule has 1 fully saturated rings. The van der Waals surface area contributed by atoms with Crippen LogP contribution in [0.15, 0.2) is 16.8 Å². The van der Waals surface area contributed by atoms with Crippen molar-refractivity contribution in [1.82, 2.24) is 0 Å². The van der Waals surface area contributed by atoms with Crippen LogP contribution in [-0.2, 0) is 4.79 Å². The van der Waals surface area contributed by atoms with E-state index in [-0.39, 0.29) is 0 Å². The number of hydrogen-bond acceptors (Lipinski definition) is 2. The van der Waals surface area contributed by atoms with Crippen molar-refractivity contribution in [2.75, 3.05) is 0 Å². The molecule has 0 radical (unpaired) electrons. The predicted octanol–water partition coefficient (Wildman–Crippen LogP) is 3.86. The van der Waals surface area contributed by atoms with Crippen molar-refractivity contribution in [3.63, 3.8) is 0 Å². The molecule has 0 N–H and O–H groups in total. The van der Waals surface area contributed by atoms with Gasteiger partial charge in [-0.3, -0.25) is 4.79 Å². The molecule has 1 nitrogen and oxygen atoms in total. The molecule has 0 saturated heterocycles. The van der Waals surface area contributed by atoms with Crippen LogP contribution in [0.5, 0.6) is 0 Å². The van der Waals surface area contributed by atoms with Gasteiger partial charge in [-0.2, -0.15) is 11.3 Å². The Morgan fingerprint density at radius 3 is 2.87 bits per heavy atom. The quantitative estimate of drug-likeness (QED) is 0.742. The first kappa shape index (κ1) is 10.9. The van der Waals surface area contributed by atoms with E-state index in [0.29, 0.717) is 23.5 Å². The number of rotatable bonds is 2. The Bertz CT molecular complexity index is 326. The molecule has 0 aliphatic heterocycles. The van der Waals surface area contributed by atoms with Crippen molar-refractivity contribution in [2.24, 2.45) is 11.8 Å². The molecule has 1 heterocycles. The van der Waals surface area contributed by atoms with Gasteiger partial charge in [0.15, 0.2) is 0 Å². The number of carbonyl (C=O) groups is 1. The number of ketones is 1. The Hall–Kier alpha value is -0.630. The summed E-state index contributed by atoms with van der Waals surface area (Å²) in [6.45, 7) is 4.56. The van der Waals surface area contributed by atoms with Crippen molar-refractivity contribution in [3.05, 3.63) is 22.4 Å². The van der Waals surface area contributed by atoms with Gasteiger partial charge in [-0.1, -0.05) is 13.8 Å². The molecule has 1 saturated carbocycles. The van der Waals surface area contributed by atoms with Crippen LogP contribution >= 0.6 is 11.3 Å². The summed E-state index contributed by atoms with van der Waals surface area (Å²) in [6.07, 6.45) is 2.64. The summed E-state index contributed by atoms with van der Waals surface area (Å²) < 4.78 is 0. The predicted molar refractivity (Wildman–Crippen MR) is 64.2 cm³/mol.